The van der Waals surface area contributed by atoms with Crippen LogP contribution in [0.3, 0.4) is 0 Å². The molecule has 0 atom stereocenters. The highest BCUT2D eigenvalue weighted by Crippen LogP contribution is 2.14. The molecule has 0 aliphatic heterocycles. The Balaban J connectivity index is 1.89. The van der Waals surface area contributed by atoms with Gasteiger partial charge in [0, 0.05) is 12.2 Å². The molecule has 22 heavy (non-hydrogen) atoms. The Bertz CT molecular complexity index is 666. The van der Waals surface area contributed by atoms with E-state index in [1.165, 1.54) is 0 Å². The first-order valence-corrected chi connectivity index (χ1v) is 6.88. The zero-order chi connectivity index (χ0) is 15.9. The van der Waals surface area contributed by atoms with Gasteiger partial charge in [0.05, 0.1) is 7.11 Å². The van der Waals surface area contributed by atoms with Crippen molar-refractivity contribution in [2.45, 2.75) is 13.5 Å². The summed E-state index contributed by atoms with van der Waals surface area (Å²) in [4.78, 5) is 23.6. The van der Waals surface area contributed by atoms with Gasteiger partial charge in [-0.25, -0.2) is 0 Å². The van der Waals surface area contributed by atoms with Crippen LogP contribution in [0.25, 0.3) is 0 Å². The molecule has 0 aliphatic carbocycles. The number of aryl methyl sites for hydroxylation is 1. The molecule has 0 radical (unpaired) electrons. The van der Waals surface area contributed by atoms with Gasteiger partial charge in [0.25, 0.3) is 0 Å². The normalized spacial score (nSPS) is 9.91. The maximum absolute atomic E-state index is 11.8. The van der Waals surface area contributed by atoms with E-state index in [9.17, 15) is 9.59 Å². The standard InChI is InChI=1S/C17H18N2O3/c1-12-5-3-4-6-13(12)11-18-16(20)17(21)19-14-7-9-15(22-2)10-8-14/h3-10H,11H2,1-2H3,(H,18,20)(H,19,21). The van der Waals surface area contributed by atoms with E-state index in [1.807, 2.05) is 31.2 Å². The highest BCUT2D eigenvalue weighted by molar-refractivity contribution is 6.39. The number of amides is 2. The molecule has 0 spiro atoms. The number of nitrogens with one attached hydrogen (secondary N) is 2. The number of methoxy groups -OCH3 is 1. The Morgan fingerprint density at radius 2 is 1.68 bits per heavy atom. The molecule has 2 rings (SSSR count). The minimum atomic E-state index is -0.696. The van der Waals surface area contributed by atoms with Crippen molar-refractivity contribution in [3.05, 3.63) is 59.7 Å². The molecule has 0 saturated heterocycles. The average molecular weight is 298 g/mol. The predicted molar refractivity (Wildman–Crippen MR) is 84.6 cm³/mol. The fraction of sp³-hybridized carbons (Fsp3) is 0.176. The van der Waals surface area contributed by atoms with Gasteiger partial charge in [-0.05, 0) is 42.3 Å². The Morgan fingerprint density at radius 1 is 1.00 bits per heavy atom. The average Bonchev–Trinajstić information content (AvgIpc) is 2.54. The van der Waals surface area contributed by atoms with Crippen molar-refractivity contribution in [3.63, 3.8) is 0 Å². The summed E-state index contributed by atoms with van der Waals surface area (Å²) < 4.78 is 5.03. The maximum atomic E-state index is 11.8. The molecule has 5 heteroatoms. The monoisotopic (exact) mass is 298 g/mol. The lowest BCUT2D eigenvalue weighted by Gasteiger charge is -2.08. The number of benzene rings is 2. The van der Waals surface area contributed by atoms with Crippen LogP contribution in [0.4, 0.5) is 5.69 Å². The molecule has 0 aromatic heterocycles. The highest BCUT2D eigenvalue weighted by atomic mass is 16.5. The van der Waals surface area contributed by atoms with E-state index in [4.69, 9.17) is 4.74 Å². The number of carbonyl (C=O) groups is 2. The van der Waals surface area contributed by atoms with Gasteiger partial charge >= 0.3 is 11.8 Å². The second-order valence-corrected chi connectivity index (χ2v) is 4.79. The number of anilines is 1. The van der Waals surface area contributed by atoms with Crippen LogP contribution >= 0.6 is 0 Å². The Kier molecular flexibility index (Phi) is 5.14. The van der Waals surface area contributed by atoms with Gasteiger partial charge in [-0.1, -0.05) is 24.3 Å². The van der Waals surface area contributed by atoms with E-state index in [0.717, 1.165) is 11.1 Å². The number of hydrogen-bond donors (Lipinski definition) is 2. The van der Waals surface area contributed by atoms with Gasteiger partial charge in [-0.15, -0.1) is 0 Å². The molecule has 0 aliphatic rings. The number of carbonyl (C=O) groups excluding carboxylic acids is 2. The van der Waals surface area contributed by atoms with Gasteiger partial charge < -0.3 is 15.4 Å². The Morgan fingerprint density at radius 3 is 2.32 bits per heavy atom. The summed E-state index contributed by atoms with van der Waals surface area (Å²) in [6, 6.07) is 14.5. The Hall–Kier alpha value is -2.82. The quantitative estimate of drug-likeness (QED) is 0.851. The molecule has 0 unspecified atom stereocenters. The third-order valence-corrected chi connectivity index (χ3v) is 3.25. The van der Waals surface area contributed by atoms with Crippen molar-refractivity contribution in [1.82, 2.24) is 5.32 Å². The minimum absolute atomic E-state index is 0.321. The van der Waals surface area contributed by atoms with E-state index in [-0.39, 0.29) is 0 Å². The van der Waals surface area contributed by atoms with E-state index in [2.05, 4.69) is 10.6 Å². The van der Waals surface area contributed by atoms with Crippen LogP contribution in [0, 0.1) is 6.92 Å². The molecule has 114 valence electrons. The first-order valence-electron chi connectivity index (χ1n) is 6.88. The lowest BCUT2D eigenvalue weighted by atomic mass is 10.1. The lowest BCUT2D eigenvalue weighted by Crippen LogP contribution is -2.35. The van der Waals surface area contributed by atoms with Crippen molar-refractivity contribution in [2.24, 2.45) is 0 Å². The SMILES string of the molecule is COc1ccc(NC(=O)C(=O)NCc2ccccc2C)cc1. The topological polar surface area (TPSA) is 67.4 Å². The lowest BCUT2D eigenvalue weighted by molar-refractivity contribution is -0.136. The van der Waals surface area contributed by atoms with Crippen LogP contribution in [-0.4, -0.2) is 18.9 Å². The fourth-order valence-corrected chi connectivity index (χ4v) is 1.93. The van der Waals surface area contributed by atoms with E-state index >= 15 is 0 Å². The summed E-state index contributed by atoms with van der Waals surface area (Å²) in [5.74, 6) is -0.681. The minimum Gasteiger partial charge on any atom is -0.497 e. The van der Waals surface area contributed by atoms with Crippen molar-refractivity contribution in [1.29, 1.82) is 0 Å². The first kappa shape index (κ1) is 15.6. The van der Waals surface area contributed by atoms with Crippen LogP contribution in [-0.2, 0) is 16.1 Å². The number of hydrogen-bond acceptors (Lipinski definition) is 3. The van der Waals surface area contributed by atoms with Gasteiger partial charge in [0.15, 0.2) is 0 Å². The zero-order valence-electron chi connectivity index (χ0n) is 12.6. The zero-order valence-corrected chi connectivity index (χ0v) is 12.6. The highest BCUT2D eigenvalue weighted by Gasteiger charge is 2.13. The van der Waals surface area contributed by atoms with Gasteiger partial charge in [0.2, 0.25) is 0 Å². The first-order chi connectivity index (χ1) is 10.6. The summed E-state index contributed by atoms with van der Waals surface area (Å²) in [6.07, 6.45) is 0. The molecular weight excluding hydrogens is 280 g/mol. The van der Waals surface area contributed by atoms with E-state index < -0.39 is 11.8 Å². The molecule has 2 N–H and O–H groups in total. The van der Waals surface area contributed by atoms with Gasteiger partial charge in [-0.2, -0.15) is 0 Å². The van der Waals surface area contributed by atoms with Gasteiger partial charge in [-0.3, -0.25) is 9.59 Å². The molecule has 2 aromatic rings. The van der Waals surface area contributed by atoms with Crippen molar-refractivity contribution in [3.8, 4) is 5.75 Å². The third-order valence-electron chi connectivity index (χ3n) is 3.25. The molecule has 0 bridgehead atoms. The second kappa shape index (κ2) is 7.26. The smallest absolute Gasteiger partial charge is 0.313 e. The third kappa shape index (κ3) is 4.09. The molecule has 0 saturated carbocycles. The molecule has 0 fully saturated rings. The summed E-state index contributed by atoms with van der Waals surface area (Å²) >= 11 is 0. The summed E-state index contributed by atoms with van der Waals surface area (Å²) in [7, 11) is 1.56. The molecule has 5 nitrogen and oxygen atoms in total. The molecule has 2 amide bonds. The second-order valence-electron chi connectivity index (χ2n) is 4.79. The summed E-state index contributed by atoms with van der Waals surface area (Å²) in [5.41, 5.74) is 2.59. The van der Waals surface area contributed by atoms with Crippen LogP contribution in [0.15, 0.2) is 48.5 Å². The van der Waals surface area contributed by atoms with Crippen LogP contribution in [0.1, 0.15) is 11.1 Å². The Labute approximate surface area is 129 Å². The van der Waals surface area contributed by atoms with E-state index in [1.54, 1.807) is 31.4 Å². The predicted octanol–water partition coefficient (Wildman–Crippen LogP) is 2.26. The van der Waals surface area contributed by atoms with Gasteiger partial charge in [0.1, 0.15) is 5.75 Å². The largest absolute Gasteiger partial charge is 0.497 e. The molecule has 2 aromatic carbocycles. The van der Waals surface area contributed by atoms with Crippen LogP contribution in [0.2, 0.25) is 0 Å². The van der Waals surface area contributed by atoms with Crippen LogP contribution < -0.4 is 15.4 Å². The summed E-state index contributed by atoms with van der Waals surface area (Å²) in [5, 5.41) is 5.14. The molecule has 0 heterocycles. The fourth-order valence-electron chi connectivity index (χ4n) is 1.93. The molecular formula is C17H18N2O3. The number of ether oxygens (including phenoxy) is 1. The van der Waals surface area contributed by atoms with E-state index in [0.29, 0.717) is 18.0 Å². The van der Waals surface area contributed by atoms with Crippen LogP contribution in [0.5, 0.6) is 5.75 Å². The van der Waals surface area contributed by atoms with Crippen molar-refractivity contribution < 1.29 is 14.3 Å². The summed E-state index contributed by atoms with van der Waals surface area (Å²) in [6.45, 7) is 2.28. The number of rotatable bonds is 4. The van der Waals surface area contributed by atoms with Crippen molar-refractivity contribution >= 4 is 17.5 Å². The van der Waals surface area contributed by atoms with Crippen molar-refractivity contribution in [2.75, 3.05) is 12.4 Å². The maximum Gasteiger partial charge on any atom is 0.313 e.